The van der Waals surface area contributed by atoms with Gasteiger partial charge < -0.3 is 9.47 Å². The molecule has 0 saturated heterocycles. The number of Topliss-reactive ketones (excluding diaryl/α,β-unsaturated/α-hetero) is 1. The molecule has 3 heteroatoms. The van der Waals surface area contributed by atoms with Crippen molar-refractivity contribution in [1.82, 2.24) is 0 Å². The number of rotatable bonds is 3. The highest BCUT2D eigenvalue weighted by Gasteiger charge is 2.17. The number of carbonyl (C=O) groups is 1. The molecular weight excluding hydrogens is 216 g/mol. The smallest absolute Gasteiger partial charge is 0.158 e. The highest BCUT2D eigenvalue weighted by atomic mass is 16.5. The van der Waals surface area contributed by atoms with Gasteiger partial charge in [-0.05, 0) is 36.6 Å². The van der Waals surface area contributed by atoms with Crippen LogP contribution in [0.15, 0.2) is 23.8 Å². The lowest BCUT2D eigenvalue weighted by atomic mass is 10.1. The van der Waals surface area contributed by atoms with Gasteiger partial charge in [-0.25, -0.2) is 0 Å². The molecule has 1 saturated carbocycles. The second-order valence-corrected chi connectivity index (χ2v) is 4.05. The summed E-state index contributed by atoms with van der Waals surface area (Å²) in [7, 11) is 3.24. The molecular formula is C14H16O3. The first-order valence-corrected chi connectivity index (χ1v) is 5.70. The van der Waals surface area contributed by atoms with Gasteiger partial charge in [-0.3, -0.25) is 4.79 Å². The van der Waals surface area contributed by atoms with Crippen LogP contribution in [-0.4, -0.2) is 20.0 Å². The zero-order valence-corrected chi connectivity index (χ0v) is 10.2. The summed E-state index contributed by atoms with van der Waals surface area (Å²) in [6.45, 7) is 0. The predicted octanol–water partition coefficient (Wildman–Crippen LogP) is 2.84. The molecule has 3 nitrogen and oxygen atoms in total. The molecule has 1 aliphatic rings. The normalized spacial score (nSPS) is 17.5. The van der Waals surface area contributed by atoms with Gasteiger partial charge in [0.1, 0.15) is 11.5 Å². The van der Waals surface area contributed by atoms with Crippen molar-refractivity contribution in [3.8, 4) is 11.5 Å². The fourth-order valence-electron chi connectivity index (χ4n) is 2.02. The number of carbonyl (C=O) groups excluding carboxylic acids is 1. The molecule has 90 valence electrons. The van der Waals surface area contributed by atoms with Gasteiger partial charge in [-0.2, -0.15) is 0 Å². The Hall–Kier alpha value is -1.77. The van der Waals surface area contributed by atoms with Crippen molar-refractivity contribution in [1.29, 1.82) is 0 Å². The molecule has 0 bridgehead atoms. The van der Waals surface area contributed by atoms with E-state index in [9.17, 15) is 4.79 Å². The molecule has 0 unspecified atom stereocenters. The zero-order valence-electron chi connectivity index (χ0n) is 10.2. The van der Waals surface area contributed by atoms with Crippen LogP contribution in [0.5, 0.6) is 11.5 Å². The Kier molecular flexibility index (Phi) is 3.47. The molecule has 0 radical (unpaired) electrons. The largest absolute Gasteiger partial charge is 0.497 e. The van der Waals surface area contributed by atoms with Crippen LogP contribution in [0.1, 0.15) is 24.8 Å². The van der Waals surface area contributed by atoms with E-state index >= 15 is 0 Å². The lowest BCUT2D eigenvalue weighted by Crippen LogP contribution is -1.93. The highest BCUT2D eigenvalue weighted by Crippen LogP contribution is 2.29. The number of hydrogen-bond acceptors (Lipinski definition) is 3. The van der Waals surface area contributed by atoms with Gasteiger partial charge in [-0.15, -0.1) is 0 Å². The van der Waals surface area contributed by atoms with Crippen molar-refractivity contribution in [2.75, 3.05) is 14.2 Å². The zero-order chi connectivity index (χ0) is 12.3. The van der Waals surface area contributed by atoms with Crippen molar-refractivity contribution in [3.05, 3.63) is 29.3 Å². The summed E-state index contributed by atoms with van der Waals surface area (Å²) in [5.41, 5.74) is 1.83. The number of hydrogen-bond donors (Lipinski definition) is 0. The molecule has 2 rings (SSSR count). The van der Waals surface area contributed by atoms with E-state index in [2.05, 4.69) is 0 Å². The van der Waals surface area contributed by atoms with E-state index in [-0.39, 0.29) is 5.78 Å². The second kappa shape index (κ2) is 5.04. The molecule has 0 spiro atoms. The fraction of sp³-hybridized carbons (Fsp3) is 0.357. The molecule has 1 aromatic carbocycles. The number of allylic oxidation sites excluding steroid dienone is 1. The summed E-state index contributed by atoms with van der Waals surface area (Å²) < 4.78 is 10.4. The average molecular weight is 232 g/mol. The minimum absolute atomic E-state index is 0.253. The monoisotopic (exact) mass is 232 g/mol. The maximum atomic E-state index is 11.6. The third kappa shape index (κ3) is 2.49. The molecule has 1 aliphatic carbocycles. The molecule has 17 heavy (non-hydrogen) atoms. The molecule has 1 aromatic rings. The summed E-state index contributed by atoms with van der Waals surface area (Å²) in [6.07, 6.45) is 4.43. The second-order valence-electron chi connectivity index (χ2n) is 4.05. The fourth-order valence-corrected chi connectivity index (χ4v) is 2.02. The average Bonchev–Trinajstić information content (AvgIpc) is 2.75. The maximum absolute atomic E-state index is 11.6. The van der Waals surface area contributed by atoms with Crippen molar-refractivity contribution >= 4 is 11.9 Å². The lowest BCUT2D eigenvalue weighted by Gasteiger charge is -2.08. The van der Waals surface area contributed by atoms with Crippen LogP contribution in [0, 0.1) is 0 Å². The first-order chi connectivity index (χ1) is 8.24. The van der Waals surface area contributed by atoms with Crippen LogP contribution in [-0.2, 0) is 4.79 Å². The number of ether oxygens (including phenoxy) is 2. The predicted molar refractivity (Wildman–Crippen MR) is 66.4 cm³/mol. The molecule has 0 amide bonds. The Morgan fingerprint density at radius 3 is 2.59 bits per heavy atom. The van der Waals surface area contributed by atoms with E-state index in [0.29, 0.717) is 6.42 Å². The summed E-state index contributed by atoms with van der Waals surface area (Å²) in [6, 6.07) is 5.61. The summed E-state index contributed by atoms with van der Waals surface area (Å²) in [5, 5.41) is 0. The van der Waals surface area contributed by atoms with Crippen molar-refractivity contribution < 1.29 is 14.3 Å². The standard InChI is InChI=1S/C14H16O3/c1-16-12-7-6-11(14(9-12)17-2)8-10-4-3-5-13(10)15/h6-9H,3-5H2,1-2H3. The minimum atomic E-state index is 0.253. The molecule has 0 heterocycles. The third-order valence-electron chi connectivity index (χ3n) is 2.98. The van der Waals surface area contributed by atoms with E-state index in [1.165, 1.54) is 0 Å². The lowest BCUT2D eigenvalue weighted by molar-refractivity contribution is -0.114. The van der Waals surface area contributed by atoms with E-state index in [1.807, 2.05) is 24.3 Å². The third-order valence-corrected chi connectivity index (χ3v) is 2.98. The van der Waals surface area contributed by atoms with Gasteiger partial charge in [0.25, 0.3) is 0 Å². The molecule has 1 fully saturated rings. The summed E-state index contributed by atoms with van der Waals surface area (Å²) in [5.74, 6) is 1.74. The van der Waals surface area contributed by atoms with Gasteiger partial charge in [-0.1, -0.05) is 0 Å². The van der Waals surface area contributed by atoms with Crippen LogP contribution in [0.3, 0.4) is 0 Å². The van der Waals surface area contributed by atoms with Gasteiger partial charge >= 0.3 is 0 Å². The van der Waals surface area contributed by atoms with Crippen molar-refractivity contribution in [2.45, 2.75) is 19.3 Å². The van der Waals surface area contributed by atoms with Gasteiger partial charge in [0.15, 0.2) is 5.78 Å². The Labute approximate surface area is 101 Å². The Bertz CT molecular complexity index is 461. The van der Waals surface area contributed by atoms with Crippen LogP contribution in [0.4, 0.5) is 0 Å². The first-order valence-electron chi connectivity index (χ1n) is 5.70. The van der Waals surface area contributed by atoms with Gasteiger partial charge in [0.2, 0.25) is 0 Å². The topological polar surface area (TPSA) is 35.5 Å². The molecule has 0 atom stereocenters. The molecule has 0 N–H and O–H groups in total. The Morgan fingerprint density at radius 2 is 2.00 bits per heavy atom. The minimum Gasteiger partial charge on any atom is -0.497 e. The Morgan fingerprint density at radius 1 is 1.18 bits per heavy atom. The molecule has 0 aromatic heterocycles. The van der Waals surface area contributed by atoms with E-state index in [0.717, 1.165) is 35.5 Å². The quantitative estimate of drug-likeness (QED) is 0.752. The van der Waals surface area contributed by atoms with Crippen LogP contribution in [0.2, 0.25) is 0 Å². The van der Waals surface area contributed by atoms with Crippen LogP contribution in [0.25, 0.3) is 6.08 Å². The molecule has 0 aliphatic heterocycles. The van der Waals surface area contributed by atoms with Crippen molar-refractivity contribution in [2.24, 2.45) is 0 Å². The van der Waals surface area contributed by atoms with Gasteiger partial charge in [0.05, 0.1) is 14.2 Å². The number of ketones is 1. The summed E-state index contributed by atoms with van der Waals surface area (Å²) in [4.78, 5) is 11.6. The van der Waals surface area contributed by atoms with Gasteiger partial charge in [0, 0.05) is 18.1 Å². The first kappa shape index (κ1) is 11.7. The summed E-state index contributed by atoms with van der Waals surface area (Å²) >= 11 is 0. The SMILES string of the molecule is COc1ccc(C=C2CCCC2=O)c(OC)c1. The van der Waals surface area contributed by atoms with E-state index in [1.54, 1.807) is 14.2 Å². The maximum Gasteiger partial charge on any atom is 0.158 e. The Balaban J connectivity index is 2.35. The number of benzene rings is 1. The van der Waals surface area contributed by atoms with E-state index in [4.69, 9.17) is 9.47 Å². The number of methoxy groups -OCH3 is 2. The van der Waals surface area contributed by atoms with Crippen LogP contribution < -0.4 is 9.47 Å². The highest BCUT2D eigenvalue weighted by molar-refractivity contribution is 6.01. The van der Waals surface area contributed by atoms with Crippen molar-refractivity contribution in [3.63, 3.8) is 0 Å². The van der Waals surface area contributed by atoms with Crippen LogP contribution >= 0.6 is 0 Å². The van der Waals surface area contributed by atoms with E-state index < -0.39 is 0 Å².